The molecule has 0 aliphatic heterocycles. The van der Waals surface area contributed by atoms with Crippen LogP contribution in [0.2, 0.25) is 0 Å². The second-order valence-electron chi connectivity index (χ2n) is 6.65. The van der Waals surface area contributed by atoms with Gasteiger partial charge >= 0.3 is 5.97 Å². The van der Waals surface area contributed by atoms with Gasteiger partial charge in [0.25, 0.3) is 0 Å². The number of esters is 1. The zero-order valence-electron chi connectivity index (χ0n) is 14.3. The second-order valence-corrected chi connectivity index (χ2v) is 7.56. The third-order valence-electron chi connectivity index (χ3n) is 3.26. The molecule has 0 radical (unpaired) electrons. The summed E-state index contributed by atoms with van der Waals surface area (Å²) in [6.45, 7) is 6.16. The van der Waals surface area contributed by atoms with E-state index in [1.165, 1.54) is 0 Å². The van der Waals surface area contributed by atoms with E-state index in [0.29, 0.717) is 19.4 Å². The van der Waals surface area contributed by atoms with Crippen LogP contribution in [-0.4, -0.2) is 11.6 Å². The van der Waals surface area contributed by atoms with E-state index in [4.69, 9.17) is 9.47 Å². The van der Waals surface area contributed by atoms with Crippen LogP contribution in [0, 0.1) is 0 Å². The van der Waals surface area contributed by atoms with Gasteiger partial charge in [-0.15, -0.1) is 0 Å². The Labute approximate surface area is 152 Å². The summed E-state index contributed by atoms with van der Waals surface area (Å²) >= 11 is 3.45. The van der Waals surface area contributed by atoms with E-state index in [-0.39, 0.29) is 5.97 Å². The maximum Gasteiger partial charge on any atom is 0.306 e. The van der Waals surface area contributed by atoms with Gasteiger partial charge in [-0.05, 0) is 62.6 Å². The van der Waals surface area contributed by atoms with E-state index in [0.717, 1.165) is 21.3 Å². The van der Waals surface area contributed by atoms with Crippen molar-refractivity contribution >= 4 is 21.9 Å². The highest BCUT2D eigenvalue weighted by atomic mass is 79.9. The van der Waals surface area contributed by atoms with Crippen LogP contribution in [-0.2, 0) is 22.6 Å². The first kappa shape index (κ1) is 18.5. The first-order valence-corrected chi connectivity index (χ1v) is 8.79. The van der Waals surface area contributed by atoms with Crippen molar-refractivity contribution in [1.82, 2.24) is 0 Å². The molecule has 0 atom stereocenters. The number of carbonyl (C=O) groups excluding carboxylic acids is 1. The van der Waals surface area contributed by atoms with Crippen molar-refractivity contribution in [2.24, 2.45) is 0 Å². The highest BCUT2D eigenvalue weighted by molar-refractivity contribution is 9.10. The number of ether oxygens (including phenoxy) is 2. The zero-order valence-corrected chi connectivity index (χ0v) is 15.9. The predicted octanol–water partition coefficient (Wildman–Crippen LogP) is 5.30. The maximum atomic E-state index is 11.7. The molecule has 4 heteroatoms. The van der Waals surface area contributed by atoms with Crippen LogP contribution in [0.15, 0.2) is 53.0 Å². The van der Waals surface area contributed by atoms with Gasteiger partial charge in [-0.1, -0.05) is 40.2 Å². The van der Waals surface area contributed by atoms with E-state index >= 15 is 0 Å². The van der Waals surface area contributed by atoms with Gasteiger partial charge in [-0.3, -0.25) is 4.79 Å². The molecule has 2 rings (SSSR count). The molecule has 24 heavy (non-hydrogen) atoms. The Bertz CT molecular complexity index is 672. The SMILES string of the molecule is CC(C)(C)OC(=O)CCc1ccc(OCc2cccc(Br)c2)cc1. The summed E-state index contributed by atoms with van der Waals surface area (Å²) in [4.78, 5) is 11.7. The van der Waals surface area contributed by atoms with Crippen molar-refractivity contribution in [3.05, 3.63) is 64.1 Å². The van der Waals surface area contributed by atoms with Gasteiger partial charge in [-0.25, -0.2) is 0 Å². The van der Waals surface area contributed by atoms with Crippen LogP contribution in [0.4, 0.5) is 0 Å². The van der Waals surface area contributed by atoms with Crippen molar-refractivity contribution < 1.29 is 14.3 Å². The molecule has 0 aliphatic rings. The molecule has 0 heterocycles. The minimum atomic E-state index is -0.429. The molecule has 0 aliphatic carbocycles. The van der Waals surface area contributed by atoms with Crippen LogP contribution in [0.5, 0.6) is 5.75 Å². The van der Waals surface area contributed by atoms with Gasteiger partial charge in [0, 0.05) is 10.9 Å². The van der Waals surface area contributed by atoms with Crippen LogP contribution >= 0.6 is 15.9 Å². The minimum Gasteiger partial charge on any atom is -0.489 e. The number of aryl methyl sites for hydroxylation is 1. The number of carbonyl (C=O) groups is 1. The smallest absolute Gasteiger partial charge is 0.306 e. The quantitative estimate of drug-likeness (QED) is 0.627. The van der Waals surface area contributed by atoms with Gasteiger partial charge in [0.1, 0.15) is 18.0 Å². The first-order valence-electron chi connectivity index (χ1n) is 8.00. The number of hydrogen-bond donors (Lipinski definition) is 0. The molecule has 0 unspecified atom stereocenters. The Kier molecular flexibility index (Phi) is 6.44. The summed E-state index contributed by atoms with van der Waals surface area (Å²) in [5, 5.41) is 0. The van der Waals surface area contributed by atoms with Crippen molar-refractivity contribution in [1.29, 1.82) is 0 Å². The number of rotatable bonds is 6. The van der Waals surface area contributed by atoms with Crippen LogP contribution in [0.1, 0.15) is 38.3 Å². The van der Waals surface area contributed by atoms with Crippen LogP contribution in [0.3, 0.4) is 0 Å². The van der Waals surface area contributed by atoms with E-state index in [1.807, 2.05) is 69.3 Å². The lowest BCUT2D eigenvalue weighted by Gasteiger charge is -2.19. The van der Waals surface area contributed by atoms with Gasteiger partial charge in [0.05, 0.1) is 0 Å². The summed E-state index contributed by atoms with van der Waals surface area (Å²) in [7, 11) is 0. The number of hydrogen-bond acceptors (Lipinski definition) is 3. The molecule has 2 aromatic rings. The monoisotopic (exact) mass is 390 g/mol. The highest BCUT2D eigenvalue weighted by Gasteiger charge is 2.15. The lowest BCUT2D eigenvalue weighted by molar-refractivity contribution is -0.154. The van der Waals surface area contributed by atoms with Crippen molar-refractivity contribution in [2.75, 3.05) is 0 Å². The predicted molar refractivity (Wildman–Crippen MR) is 99.1 cm³/mol. The Morgan fingerprint density at radius 2 is 1.75 bits per heavy atom. The lowest BCUT2D eigenvalue weighted by Crippen LogP contribution is -2.23. The first-order chi connectivity index (χ1) is 11.3. The average molecular weight is 391 g/mol. The fourth-order valence-corrected chi connectivity index (χ4v) is 2.63. The molecule has 0 saturated carbocycles. The summed E-state index contributed by atoms with van der Waals surface area (Å²) in [6, 6.07) is 15.9. The summed E-state index contributed by atoms with van der Waals surface area (Å²) in [6.07, 6.45) is 1.05. The highest BCUT2D eigenvalue weighted by Crippen LogP contribution is 2.18. The fraction of sp³-hybridized carbons (Fsp3) is 0.350. The molecule has 0 amide bonds. The number of benzene rings is 2. The number of halogens is 1. The largest absolute Gasteiger partial charge is 0.489 e. The van der Waals surface area contributed by atoms with Crippen LogP contribution in [0.25, 0.3) is 0 Å². The van der Waals surface area contributed by atoms with Crippen molar-refractivity contribution in [2.45, 2.75) is 45.8 Å². The molecule has 3 nitrogen and oxygen atoms in total. The standard InChI is InChI=1S/C20H23BrO3/c1-20(2,3)24-19(22)12-9-15-7-10-18(11-8-15)23-14-16-5-4-6-17(21)13-16/h4-8,10-11,13H,9,12,14H2,1-3H3. The summed E-state index contributed by atoms with van der Waals surface area (Å²) in [5.74, 6) is 0.647. The lowest BCUT2D eigenvalue weighted by atomic mass is 10.1. The minimum absolute atomic E-state index is 0.169. The topological polar surface area (TPSA) is 35.5 Å². The molecule has 0 aromatic heterocycles. The second kappa shape index (κ2) is 8.34. The molecular weight excluding hydrogens is 368 g/mol. The summed E-state index contributed by atoms with van der Waals surface area (Å²) < 4.78 is 12.1. The molecule has 0 spiro atoms. The molecule has 0 N–H and O–H groups in total. The molecule has 2 aromatic carbocycles. The Morgan fingerprint density at radius 3 is 2.38 bits per heavy atom. The fourth-order valence-electron chi connectivity index (χ4n) is 2.18. The van der Waals surface area contributed by atoms with Crippen molar-refractivity contribution in [3.63, 3.8) is 0 Å². The Morgan fingerprint density at radius 1 is 1.04 bits per heavy atom. The van der Waals surface area contributed by atoms with E-state index in [2.05, 4.69) is 15.9 Å². The third kappa shape index (κ3) is 6.75. The zero-order chi connectivity index (χ0) is 17.6. The molecule has 0 bridgehead atoms. The van der Waals surface area contributed by atoms with E-state index < -0.39 is 5.60 Å². The normalized spacial score (nSPS) is 11.2. The summed E-state index contributed by atoms with van der Waals surface area (Å²) in [5.41, 5.74) is 1.77. The molecule has 0 saturated heterocycles. The molecular formula is C20H23BrO3. The van der Waals surface area contributed by atoms with Crippen molar-refractivity contribution in [3.8, 4) is 5.75 Å². The average Bonchev–Trinajstić information content (AvgIpc) is 2.50. The van der Waals surface area contributed by atoms with Crippen LogP contribution < -0.4 is 4.74 Å². The molecule has 128 valence electrons. The van der Waals surface area contributed by atoms with Gasteiger partial charge < -0.3 is 9.47 Å². The molecule has 0 fully saturated rings. The van der Waals surface area contributed by atoms with E-state index in [1.54, 1.807) is 0 Å². The Hall–Kier alpha value is -1.81. The van der Waals surface area contributed by atoms with Gasteiger partial charge in [-0.2, -0.15) is 0 Å². The van der Waals surface area contributed by atoms with Gasteiger partial charge in [0.15, 0.2) is 0 Å². The maximum absolute atomic E-state index is 11.7. The van der Waals surface area contributed by atoms with E-state index in [9.17, 15) is 4.79 Å². The Balaban J connectivity index is 1.81. The van der Waals surface area contributed by atoms with Gasteiger partial charge in [0.2, 0.25) is 0 Å². The third-order valence-corrected chi connectivity index (χ3v) is 3.75.